The summed E-state index contributed by atoms with van der Waals surface area (Å²) in [7, 11) is 0. The van der Waals surface area contributed by atoms with Gasteiger partial charge in [-0.2, -0.15) is 0 Å². The van der Waals surface area contributed by atoms with Crippen molar-refractivity contribution in [1.82, 2.24) is 0 Å². The first-order valence-electron chi connectivity index (χ1n) is 15.7. The molecule has 2 aliphatic carbocycles. The van der Waals surface area contributed by atoms with E-state index in [9.17, 15) is 0 Å². The van der Waals surface area contributed by atoms with Gasteiger partial charge in [0.1, 0.15) is 5.60 Å². The molecule has 0 unspecified atom stereocenters. The van der Waals surface area contributed by atoms with Crippen LogP contribution in [0.3, 0.4) is 0 Å². The summed E-state index contributed by atoms with van der Waals surface area (Å²) >= 11 is 0. The molecule has 41 heavy (non-hydrogen) atoms. The van der Waals surface area contributed by atoms with E-state index >= 15 is 0 Å². The Kier molecular flexibility index (Phi) is 10.9. The maximum absolute atomic E-state index is 6.34. The summed E-state index contributed by atoms with van der Waals surface area (Å²) in [5.74, 6) is 0. The first kappa shape index (κ1) is 32.9. The van der Waals surface area contributed by atoms with Crippen LogP contribution in [-0.4, -0.2) is 11.2 Å². The van der Waals surface area contributed by atoms with Gasteiger partial charge in [0.2, 0.25) is 0 Å². The average Bonchev–Trinajstić information content (AvgIpc) is 3.52. The number of ether oxygens (including phenoxy) is 1. The fourth-order valence-corrected chi connectivity index (χ4v) is 6.72. The van der Waals surface area contributed by atoms with Crippen LogP contribution in [0.1, 0.15) is 108 Å². The summed E-state index contributed by atoms with van der Waals surface area (Å²) in [5, 5.41) is 0. The minimum absolute atomic E-state index is 0.0197. The van der Waals surface area contributed by atoms with Crippen molar-refractivity contribution in [3.63, 3.8) is 0 Å². The quantitative estimate of drug-likeness (QED) is 0.194. The van der Waals surface area contributed by atoms with E-state index < -0.39 is 0 Å². The second-order valence-corrected chi connectivity index (χ2v) is 14.1. The average molecular weight is 553 g/mol. The maximum Gasteiger partial charge on any atom is 0.121 e. The van der Waals surface area contributed by atoms with Gasteiger partial charge in [0.05, 0.1) is 5.60 Å². The lowest BCUT2D eigenvalue weighted by Gasteiger charge is -2.36. The fraction of sp³-hybridized carbons (Fsp3) is 0.500. The molecule has 2 atom stereocenters. The zero-order valence-electron chi connectivity index (χ0n) is 27.7. The predicted octanol–water partition coefficient (Wildman–Crippen LogP) is 11.8. The number of epoxide rings is 1. The van der Waals surface area contributed by atoms with E-state index in [0.717, 1.165) is 6.42 Å². The number of rotatable bonds is 10. The van der Waals surface area contributed by atoms with Crippen LogP contribution in [0, 0.1) is 10.8 Å². The largest absolute Gasteiger partial charge is 0.358 e. The van der Waals surface area contributed by atoms with Crippen LogP contribution in [0.15, 0.2) is 119 Å². The molecular formula is C40H56O. The van der Waals surface area contributed by atoms with Crippen LogP contribution in [0.5, 0.6) is 0 Å². The molecular weight excluding hydrogens is 496 g/mol. The summed E-state index contributed by atoms with van der Waals surface area (Å²) in [6, 6.07) is 0. The Labute approximate surface area is 252 Å². The van der Waals surface area contributed by atoms with E-state index in [0.29, 0.717) is 0 Å². The van der Waals surface area contributed by atoms with E-state index in [-0.39, 0.29) is 22.0 Å². The SMILES string of the molecule is CC1=C(/C=C/C(C)=C\C=C\C(C)=C/C=C/C=C(C)\C=C\C=C(C)/C=C/[C@]23O[C@]2(C)CCCC3(C)C)C(C)(C)CCC1. The monoisotopic (exact) mass is 552 g/mol. The minimum atomic E-state index is -0.103. The number of hydrogen-bond donors (Lipinski definition) is 0. The highest BCUT2D eigenvalue weighted by Gasteiger charge is 2.73. The molecule has 0 N–H and O–H groups in total. The molecule has 1 heterocycles. The van der Waals surface area contributed by atoms with Gasteiger partial charge in [0.25, 0.3) is 0 Å². The van der Waals surface area contributed by atoms with Crippen molar-refractivity contribution in [2.75, 3.05) is 0 Å². The highest BCUT2D eigenvalue weighted by atomic mass is 16.6. The summed E-state index contributed by atoms with van der Waals surface area (Å²) < 4.78 is 6.34. The molecule has 0 aromatic heterocycles. The van der Waals surface area contributed by atoms with E-state index in [2.05, 4.69) is 154 Å². The first-order chi connectivity index (χ1) is 19.2. The van der Waals surface area contributed by atoms with Crippen molar-refractivity contribution in [3.8, 4) is 0 Å². The van der Waals surface area contributed by atoms with Crippen LogP contribution in [0.2, 0.25) is 0 Å². The van der Waals surface area contributed by atoms with Crippen LogP contribution >= 0.6 is 0 Å². The molecule has 222 valence electrons. The molecule has 0 radical (unpaired) electrons. The topological polar surface area (TPSA) is 12.5 Å². The third-order valence-electron chi connectivity index (χ3n) is 9.49. The lowest BCUT2D eigenvalue weighted by Crippen LogP contribution is -2.41. The van der Waals surface area contributed by atoms with Gasteiger partial charge in [-0.1, -0.05) is 135 Å². The molecule has 2 fully saturated rings. The highest BCUT2D eigenvalue weighted by Crippen LogP contribution is 2.66. The van der Waals surface area contributed by atoms with Gasteiger partial charge in [-0.3, -0.25) is 0 Å². The van der Waals surface area contributed by atoms with Crippen molar-refractivity contribution < 1.29 is 4.74 Å². The molecule has 0 bridgehead atoms. The van der Waals surface area contributed by atoms with Crippen LogP contribution in [0.25, 0.3) is 0 Å². The summed E-state index contributed by atoms with van der Waals surface area (Å²) in [6.07, 6.45) is 38.1. The first-order valence-corrected chi connectivity index (χ1v) is 15.7. The van der Waals surface area contributed by atoms with Crippen molar-refractivity contribution in [1.29, 1.82) is 0 Å². The molecule has 0 amide bonds. The summed E-state index contributed by atoms with van der Waals surface area (Å²) in [6.45, 7) is 22.6. The Morgan fingerprint density at radius 2 is 1.17 bits per heavy atom. The molecule has 0 aromatic carbocycles. The van der Waals surface area contributed by atoms with Gasteiger partial charge < -0.3 is 4.74 Å². The zero-order chi connectivity index (χ0) is 30.3. The van der Waals surface area contributed by atoms with Crippen molar-refractivity contribution in [3.05, 3.63) is 119 Å². The van der Waals surface area contributed by atoms with Gasteiger partial charge in [-0.05, 0) is 97.1 Å². The van der Waals surface area contributed by atoms with Gasteiger partial charge in [0, 0.05) is 5.41 Å². The lowest BCUT2D eigenvalue weighted by atomic mass is 9.64. The molecule has 1 saturated heterocycles. The van der Waals surface area contributed by atoms with Gasteiger partial charge in [-0.25, -0.2) is 0 Å². The van der Waals surface area contributed by atoms with Crippen molar-refractivity contribution in [2.24, 2.45) is 10.8 Å². The number of allylic oxidation sites excluding steroid dienone is 19. The molecule has 0 aromatic rings. The Morgan fingerprint density at radius 1 is 0.634 bits per heavy atom. The second kappa shape index (κ2) is 13.6. The van der Waals surface area contributed by atoms with Crippen LogP contribution in [0.4, 0.5) is 0 Å². The molecule has 3 aliphatic rings. The highest BCUT2D eigenvalue weighted by molar-refractivity contribution is 5.38. The predicted molar refractivity (Wildman–Crippen MR) is 181 cm³/mol. The zero-order valence-corrected chi connectivity index (χ0v) is 27.7. The Morgan fingerprint density at radius 3 is 1.73 bits per heavy atom. The lowest BCUT2D eigenvalue weighted by molar-refractivity contribution is 0.166. The molecule has 1 aliphatic heterocycles. The molecule has 1 nitrogen and oxygen atoms in total. The van der Waals surface area contributed by atoms with Crippen molar-refractivity contribution in [2.45, 2.75) is 119 Å². The minimum Gasteiger partial charge on any atom is -0.358 e. The van der Waals surface area contributed by atoms with E-state index in [1.54, 1.807) is 5.57 Å². The van der Waals surface area contributed by atoms with Gasteiger partial charge in [-0.15, -0.1) is 0 Å². The Balaban J connectivity index is 1.49. The normalized spacial score (nSPS) is 29.6. The van der Waals surface area contributed by atoms with Crippen LogP contribution in [-0.2, 0) is 4.74 Å². The van der Waals surface area contributed by atoms with Gasteiger partial charge in [0.15, 0.2) is 0 Å². The Hall–Kier alpha value is -2.64. The second-order valence-electron chi connectivity index (χ2n) is 14.1. The smallest absolute Gasteiger partial charge is 0.121 e. The third-order valence-corrected chi connectivity index (χ3v) is 9.49. The summed E-state index contributed by atoms with van der Waals surface area (Å²) in [5.41, 5.74) is 8.42. The van der Waals surface area contributed by atoms with Crippen LogP contribution < -0.4 is 0 Å². The molecule has 1 heteroatoms. The number of fused-ring (bicyclic) bond motifs is 1. The number of hydrogen-bond acceptors (Lipinski definition) is 1. The van der Waals surface area contributed by atoms with Crippen molar-refractivity contribution >= 4 is 0 Å². The summed E-state index contributed by atoms with van der Waals surface area (Å²) in [4.78, 5) is 0. The molecule has 3 rings (SSSR count). The standard InChI is InChI=1S/C40H56O/c1-31(19-13-21-33(3)24-25-36-35(5)23-15-27-37(36,6)7)17-11-12-18-32(2)20-14-22-34(4)26-30-40-38(8,9)28-16-29-39(40,10)41-40/h11-14,17-22,24-26,30H,15-16,23,27-29H2,1-10H3/b12-11+,19-13+,20-14+,25-24+,30-26+,31-17-,32-18-,33-21-,34-22-/t39-,40-/m1/s1. The third kappa shape index (κ3) is 8.45. The fourth-order valence-electron chi connectivity index (χ4n) is 6.72. The van der Waals surface area contributed by atoms with E-state index in [1.807, 2.05) is 0 Å². The molecule has 1 saturated carbocycles. The molecule has 0 spiro atoms. The van der Waals surface area contributed by atoms with E-state index in [4.69, 9.17) is 4.74 Å². The maximum atomic E-state index is 6.34. The Bertz CT molecular complexity index is 1260. The van der Waals surface area contributed by atoms with Gasteiger partial charge >= 0.3 is 0 Å². The van der Waals surface area contributed by atoms with E-state index in [1.165, 1.54) is 60.0 Å².